The molecule has 0 saturated heterocycles. The van der Waals surface area contributed by atoms with E-state index in [-0.39, 0.29) is 40.3 Å². The molecule has 0 spiro atoms. The zero-order valence-corrected chi connectivity index (χ0v) is 20.4. The minimum absolute atomic E-state index is 0.0445. The lowest BCUT2D eigenvalue weighted by molar-refractivity contribution is -0.113. The Hall–Kier alpha value is -2.54. The molecule has 0 aromatic carbocycles. The van der Waals surface area contributed by atoms with Gasteiger partial charge in [0.15, 0.2) is 0 Å². The standard InChI is InChI=1S/C20H22N4O5S3/c1-9-11(3)31-18-13(9)17(22-8-23-18)30-7-12(25)24-19-14(20(27)29-6-5-28-4)10(2)15(32-19)16(21)26/h8H,5-7H2,1-4H3,(H2,21,26)(H,24,25). The van der Waals surface area contributed by atoms with Gasteiger partial charge in [-0.1, -0.05) is 11.8 Å². The third kappa shape index (κ3) is 5.09. The second kappa shape index (κ2) is 10.4. The van der Waals surface area contributed by atoms with E-state index in [9.17, 15) is 14.4 Å². The molecule has 0 atom stereocenters. The van der Waals surface area contributed by atoms with E-state index in [4.69, 9.17) is 15.2 Å². The molecule has 0 radical (unpaired) electrons. The Morgan fingerprint density at radius 3 is 2.56 bits per heavy atom. The molecule has 3 rings (SSSR count). The van der Waals surface area contributed by atoms with Crippen LogP contribution in [0.4, 0.5) is 5.00 Å². The highest BCUT2D eigenvalue weighted by Gasteiger charge is 2.26. The van der Waals surface area contributed by atoms with E-state index in [0.717, 1.165) is 32.0 Å². The first kappa shape index (κ1) is 24.1. The summed E-state index contributed by atoms with van der Waals surface area (Å²) >= 11 is 3.81. The highest BCUT2D eigenvalue weighted by Crippen LogP contribution is 2.36. The number of nitrogens with one attached hydrogen (secondary N) is 1. The van der Waals surface area contributed by atoms with Crippen LogP contribution in [0.3, 0.4) is 0 Å². The SMILES string of the molecule is COCCOC(=O)c1c(NC(=O)CSc2ncnc3sc(C)c(C)c23)sc(C(N)=O)c1C. The molecule has 0 aliphatic heterocycles. The summed E-state index contributed by atoms with van der Waals surface area (Å²) in [7, 11) is 1.49. The lowest BCUT2D eigenvalue weighted by Gasteiger charge is -2.08. The van der Waals surface area contributed by atoms with Crippen LogP contribution in [0, 0.1) is 20.8 Å². The number of esters is 1. The maximum atomic E-state index is 12.7. The molecule has 3 heterocycles. The van der Waals surface area contributed by atoms with Gasteiger partial charge in [-0.15, -0.1) is 22.7 Å². The number of carbonyl (C=O) groups is 3. The smallest absolute Gasteiger partial charge is 0.341 e. The van der Waals surface area contributed by atoms with Crippen molar-refractivity contribution in [3.63, 3.8) is 0 Å². The van der Waals surface area contributed by atoms with Crippen LogP contribution in [0.2, 0.25) is 0 Å². The molecule has 32 heavy (non-hydrogen) atoms. The normalized spacial score (nSPS) is 11.0. The van der Waals surface area contributed by atoms with Crippen molar-refractivity contribution < 1.29 is 23.9 Å². The second-order valence-electron chi connectivity index (χ2n) is 6.73. The number of primary amides is 1. The first-order chi connectivity index (χ1) is 15.2. The molecule has 2 amide bonds. The number of fused-ring (bicyclic) bond motifs is 1. The van der Waals surface area contributed by atoms with Gasteiger partial charge in [-0.2, -0.15) is 0 Å². The van der Waals surface area contributed by atoms with Crippen molar-refractivity contribution in [1.82, 2.24) is 9.97 Å². The van der Waals surface area contributed by atoms with Crippen LogP contribution in [0.1, 0.15) is 36.0 Å². The third-order valence-electron chi connectivity index (χ3n) is 4.62. The van der Waals surface area contributed by atoms with Gasteiger partial charge in [-0.3, -0.25) is 9.59 Å². The van der Waals surface area contributed by atoms with Gasteiger partial charge in [-0.25, -0.2) is 14.8 Å². The highest BCUT2D eigenvalue weighted by molar-refractivity contribution is 8.00. The van der Waals surface area contributed by atoms with E-state index < -0.39 is 11.9 Å². The summed E-state index contributed by atoms with van der Waals surface area (Å²) in [4.78, 5) is 47.8. The van der Waals surface area contributed by atoms with Crippen molar-refractivity contribution in [1.29, 1.82) is 0 Å². The van der Waals surface area contributed by atoms with E-state index in [0.29, 0.717) is 10.6 Å². The number of hydrogen-bond acceptors (Lipinski definition) is 10. The number of nitrogens with zero attached hydrogens (tertiary/aromatic N) is 2. The van der Waals surface area contributed by atoms with Gasteiger partial charge in [0.1, 0.15) is 27.8 Å². The first-order valence-corrected chi connectivity index (χ1v) is 12.1. The molecule has 3 aromatic heterocycles. The number of methoxy groups -OCH3 is 1. The first-order valence-electron chi connectivity index (χ1n) is 9.47. The molecule has 3 aromatic rings. The Morgan fingerprint density at radius 1 is 1.12 bits per heavy atom. The van der Waals surface area contributed by atoms with E-state index in [1.807, 2.05) is 13.8 Å². The second-order valence-corrected chi connectivity index (χ2v) is 9.92. The number of rotatable bonds is 9. The van der Waals surface area contributed by atoms with Crippen molar-refractivity contribution >= 4 is 67.4 Å². The maximum Gasteiger partial charge on any atom is 0.341 e. The van der Waals surface area contributed by atoms with Gasteiger partial charge in [-0.05, 0) is 31.9 Å². The van der Waals surface area contributed by atoms with Crippen molar-refractivity contribution in [3.05, 3.63) is 32.8 Å². The van der Waals surface area contributed by atoms with Crippen molar-refractivity contribution in [2.24, 2.45) is 5.73 Å². The molecule has 12 heteroatoms. The molecule has 0 aliphatic rings. The number of ether oxygens (including phenoxy) is 2. The van der Waals surface area contributed by atoms with E-state index >= 15 is 0 Å². The molecule has 0 fully saturated rings. The Labute approximate surface area is 196 Å². The highest BCUT2D eigenvalue weighted by atomic mass is 32.2. The predicted molar refractivity (Wildman–Crippen MR) is 126 cm³/mol. The number of aromatic nitrogens is 2. The average Bonchev–Trinajstić information content (AvgIpc) is 3.22. The number of nitrogens with two attached hydrogens (primary N) is 1. The van der Waals surface area contributed by atoms with Gasteiger partial charge in [0, 0.05) is 17.4 Å². The number of carbonyl (C=O) groups excluding carboxylic acids is 3. The Balaban J connectivity index is 1.78. The van der Waals surface area contributed by atoms with Gasteiger partial charge >= 0.3 is 5.97 Å². The summed E-state index contributed by atoms with van der Waals surface area (Å²) in [6.07, 6.45) is 1.48. The van der Waals surface area contributed by atoms with Crippen LogP contribution in [0.5, 0.6) is 0 Å². The monoisotopic (exact) mass is 494 g/mol. The Morgan fingerprint density at radius 2 is 1.88 bits per heavy atom. The van der Waals surface area contributed by atoms with Crippen LogP contribution in [-0.4, -0.2) is 53.8 Å². The van der Waals surface area contributed by atoms with Crippen LogP contribution in [0.15, 0.2) is 11.4 Å². The summed E-state index contributed by atoms with van der Waals surface area (Å²) in [6.45, 7) is 5.88. The molecule has 3 N–H and O–H groups in total. The van der Waals surface area contributed by atoms with Crippen LogP contribution < -0.4 is 11.1 Å². The molecule has 0 bridgehead atoms. The fraction of sp³-hybridized carbons (Fsp3) is 0.350. The summed E-state index contributed by atoms with van der Waals surface area (Å²) in [6, 6.07) is 0. The molecule has 9 nitrogen and oxygen atoms in total. The minimum Gasteiger partial charge on any atom is -0.460 e. The maximum absolute atomic E-state index is 12.7. The molecule has 0 unspecified atom stereocenters. The largest absolute Gasteiger partial charge is 0.460 e. The van der Waals surface area contributed by atoms with Gasteiger partial charge < -0.3 is 20.5 Å². The van der Waals surface area contributed by atoms with Gasteiger partial charge in [0.05, 0.1) is 22.8 Å². The van der Waals surface area contributed by atoms with E-state index in [1.54, 1.807) is 18.3 Å². The summed E-state index contributed by atoms with van der Waals surface area (Å²) in [5.41, 5.74) is 7.00. The van der Waals surface area contributed by atoms with Crippen molar-refractivity contribution in [2.45, 2.75) is 25.8 Å². The molecule has 170 valence electrons. The molecule has 0 saturated carbocycles. The molecule has 0 aliphatic carbocycles. The minimum atomic E-state index is -0.681. The fourth-order valence-corrected chi connectivity index (χ4v) is 5.91. The zero-order chi connectivity index (χ0) is 23.4. The van der Waals surface area contributed by atoms with Gasteiger partial charge in [0.25, 0.3) is 5.91 Å². The quantitative estimate of drug-likeness (QED) is 0.200. The van der Waals surface area contributed by atoms with Crippen LogP contribution in [0.25, 0.3) is 10.2 Å². The number of amides is 2. The van der Waals surface area contributed by atoms with E-state index in [1.165, 1.54) is 25.2 Å². The number of thiophene rings is 2. The van der Waals surface area contributed by atoms with Crippen LogP contribution >= 0.6 is 34.4 Å². The number of aryl methyl sites for hydroxylation is 2. The zero-order valence-electron chi connectivity index (χ0n) is 17.9. The summed E-state index contributed by atoms with van der Waals surface area (Å²) in [5, 5.41) is 4.59. The van der Waals surface area contributed by atoms with Crippen molar-refractivity contribution in [2.75, 3.05) is 31.4 Å². The Bertz CT molecular complexity index is 1190. The number of anilines is 1. The topological polar surface area (TPSA) is 134 Å². The summed E-state index contributed by atoms with van der Waals surface area (Å²) in [5.74, 6) is -1.63. The molecular weight excluding hydrogens is 472 g/mol. The number of hydrogen-bond donors (Lipinski definition) is 2. The number of thioether (sulfide) groups is 1. The fourth-order valence-electron chi connectivity index (χ4n) is 2.93. The lowest BCUT2D eigenvalue weighted by Crippen LogP contribution is -2.17. The third-order valence-corrected chi connectivity index (χ3v) is 7.95. The lowest BCUT2D eigenvalue weighted by atomic mass is 10.1. The van der Waals surface area contributed by atoms with E-state index in [2.05, 4.69) is 15.3 Å². The van der Waals surface area contributed by atoms with Crippen molar-refractivity contribution in [3.8, 4) is 0 Å². The summed E-state index contributed by atoms with van der Waals surface area (Å²) < 4.78 is 10.1. The molecular formula is C20H22N4O5S3. The predicted octanol–water partition coefficient (Wildman–Crippen LogP) is 3.31. The van der Waals surface area contributed by atoms with Gasteiger partial charge in [0.2, 0.25) is 5.91 Å². The average molecular weight is 495 g/mol. The Kier molecular flexibility index (Phi) is 7.82. The van der Waals surface area contributed by atoms with Crippen LogP contribution in [-0.2, 0) is 14.3 Å².